The van der Waals surface area contributed by atoms with E-state index in [2.05, 4.69) is 17.4 Å². The Morgan fingerprint density at radius 1 is 1.00 bits per heavy atom. The van der Waals surface area contributed by atoms with Crippen molar-refractivity contribution in [2.75, 3.05) is 13.7 Å². The number of hydrogen-bond acceptors (Lipinski definition) is 4. The van der Waals surface area contributed by atoms with Crippen LogP contribution in [-0.2, 0) is 14.3 Å². The lowest BCUT2D eigenvalue weighted by Gasteiger charge is -2.28. The fourth-order valence-corrected chi connectivity index (χ4v) is 4.13. The van der Waals surface area contributed by atoms with E-state index in [0.29, 0.717) is 6.42 Å². The van der Waals surface area contributed by atoms with Gasteiger partial charge in [-0.1, -0.05) is 62.4 Å². The minimum Gasteiger partial charge on any atom is -0.480 e. The smallest absolute Gasteiger partial charge is 0.407 e. The van der Waals surface area contributed by atoms with Crippen molar-refractivity contribution in [3.63, 3.8) is 0 Å². The molecule has 1 unspecified atom stereocenters. The summed E-state index contributed by atoms with van der Waals surface area (Å²) in [5.74, 6) is -1.60. The van der Waals surface area contributed by atoms with E-state index in [1.54, 1.807) is 13.8 Å². The van der Waals surface area contributed by atoms with Gasteiger partial charge in [0, 0.05) is 13.0 Å². The molecular formula is C24H28N2O5. The molecule has 7 heteroatoms. The van der Waals surface area contributed by atoms with Gasteiger partial charge in [-0.15, -0.1) is 0 Å². The predicted molar refractivity (Wildman–Crippen MR) is 117 cm³/mol. The van der Waals surface area contributed by atoms with E-state index in [-0.39, 0.29) is 18.9 Å². The summed E-state index contributed by atoms with van der Waals surface area (Å²) in [5.41, 5.74) is 4.47. The van der Waals surface area contributed by atoms with Gasteiger partial charge in [0.2, 0.25) is 5.91 Å². The molecule has 1 aliphatic carbocycles. The monoisotopic (exact) mass is 424 g/mol. The molecule has 164 valence electrons. The van der Waals surface area contributed by atoms with Crippen molar-refractivity contribution in [1.82, 2.24) is 10.2 Å². The molecule has 7 nitrogen and oxygen atoms in total. The Balaban J connectivity index is 1.66. The van der Waals surface area contributed by atoms with Crippen LogP contribution < -0.4 is 5.32 Å². The maximum absolute atomic E-state index is 12.7. The van der Waals surface area contributed by atoms with Gasteiger partial charge in [0.05, 0.1) is 0 Å². The first-order chi connectivity index (χ1) is 14.9. The summed E-state index contributed by atoms with van der Waals surface area (Å²) in [5, 5.41) is 11.9. The highest BCUT2D eigenvalue weighted by atomic mass is 16.5. The van der Waals surface area contributed by atoms with E-state index in [1.165, 1.54) is 11.9 Å². The van der Waals surface area contributed by atoms with Crippen molar-refractivity contribution >= 4 is 18.0 Å². The average molecular weight is 424 g/mol. The van der Waals surface area contributed by atoms with Crippen LogP contribution in [0.15, 0.2) is 48.5 Å². The number of nitrogens with zero attached hydrogens (tertiary/aromatic N) is 1. The van der Waals surface area contributed by atoms with Gasteiger partial charge in [-0.3, -0.25) is 4.79 Å². The Bertz CT molecular complexity index is 928. The molecule has 2 aromatic rings. The van der Waals surface area contributed by atoms with Crippen LogP contribution in [0.3, 0.4) is 0 Å². The summed E-state index contributed by atoms with van der Waals surface area (Å²) < 4.78 is 5.50. The van der Waals surface area contributed by atoms with Crippen LogP contribution in [0.4, 0.5) is 4.79 Å². The molecule has 0 saturated carbocycles. The number of aliphatic carboxylic acids is 1. The Hall–Kier alpha value is -3.35. The number of fused-ring (bicyclic) bond motifs is 3. The fraction of sp³-hybridized carbons (Fsp3) is 0.375. The number of likely N-dealkylation sites (N-methyl/N-ethyl adjacent to an activating group) is 1. The lowest BCUT2D eigenvalue weighted by Crippen LogP contribution is -2.52. The van der Waals surface area contributed by atoms with Crippen LogP contribution in [0.1, 0.15) is 43.7 Å². The van der Waals surface area contributed by atoms with Crippen LogP contribution in [0.25, 0.3) is 11.1 Å². The molecular weight excluding hydrogens is 396 g/mol. The van der Waals surface area contributed by atoms with Gasteiger partial charge in [-0.05, 0) is 35.1 Å². The van der Waals surface area contributed by atoms with Gasteiger partial charge in [-0.25, -0.2) is 9.59 Å². The predicted octanol–water partition coefficient (Wildman–Crippen LogP) is 3.63. The van der Waals surface area contributed by atoms with Crippen LogP contribution in [-0.4, -0.2) is 53.7 Å². The number of benzene rings is 2. The molecule has 2 N–H and O–H groups in total. The number of carbonyl (C=O) groups excluding carboxylic acids is 2. The van der Waals surface area contributed by atoms with Crippen LogP contribution in [0, 0.1) is 0 Å². The summed E-state index contributed by atoms with van der Waals surface area (Å²) in [6.07, 6.45) is -0.0959. The molecule has 0 aromatic heterocycles. The lowest BCUT2D eigenvalue weighted by atomic mass is 9.98. The second kappa shape index (κ2) is 9.64. The zero-order valence-electron chi connectivity index (χ0n) is 18.0. The molecule has 2 amide bonds. The molecule has 1 aliphatic rings. The summed E-state index contributed by atoms with van der Waals surface area (Å²) >= 11 is 0. The molecule has 0 aliphatic heterocycles. The first kappa shape index (κ1) is 22.3. The van der Waals surface area contributed by atoms with Crippen molar-refractivity contribution in [3.05, 3.63) is 59.7 Å². The minimum absolute atomic E-state index is 0.0758. The third-order valence-corrected chi connectivity index (χ3v) is 5.83. The number of carboxylic acids is 1. The number of amides is 2. The Morgan fingerprint density at radius 2 is 1.55 bits per heavy atom. The normalized spacial score (nSPS) is 14.2. The number of alkyl carbamates (subject to hydrolysis) is 1. The third kappa shape index (κ3) is 4.55. The molecule has 31 heavy (non-hydrogen) atoms. The van der Waals surface area contributed by atoms with Crippen molar-refractivity contribution in [2.24, 2.45) is 0 Å². The molecule has 0 radical (unpaired) electrons. The molecule has 2 aromatic carbocycles. The third-order valence-electron chi connectivity index (χ3n) is 5.83. The van der Waals surface area contributed by atoms with Gasteiger partial charge in [0.25, 0.3) is 0 Å². The number of hydrogen-bond donors (Lipinski definition) is 2. The van der Waals surface area contributed by atoms with Crippen molar-refractivity contribution in [1.29, 1.82) is 0 Å². The number of ether oxygens (including phenoxy) is 1. The van der Waals surface area contributed by atoms with Gasteiger partial charge in [-0.2, -0.15) is 0 Å². The average Bonchev–Trinajstić information content (AvgIpc) is 3.09. The highest BCUT2D eigenvalue weighted by Crippen LogP contribution is 2.44. The van der Waals surface area contributed by atoms with Crippen molar-refractivity contribution < 1.29 is 24.2 Å². The molecule has 0 heterocycles. The molecule has 3 rings (SSSR count). The second-order valence-corrected chi connectivity index (χ2v) is 7.64. The zero-order chi connectivity index (χ0) is 22.5. The number of nitrogens with one attached hydrogen (secondary N) is 1. The second-order valence-electron chi connectivity index (χ2n) is 7.64. The maximum atomic E-state index is 12.7. The topological polar surface area (TPSA) is 95.9 Å². The summed E-state index contributed by atoms with van der Waals surface area (Å²) in [6, 6.07) is 14.3. The van der Waals surface area contributed by atoms with Crippen molar-refractivity contribution in [3.8, 4) is 11.1 Å². The zero-order valence-corrected chi connectivity index (χ0v) is 18.0. The van der Waals surface area contributed by atoms with E-state index >= 15 is 0 Å². The number of rotatable bonds is 8. The largest absolute Gasteiger partial charge is 0.480 e. The summed E-state index contributed by atoms with van der Waals surface area (Å²) in [4.78, 5) is 37.7. The van der Waals surface area contributed by atoms with Gasteiger partial charge in [0.15, 0.2) is 0 Å². The maximum Gasteiger partial charge on any atom is 0.407 e. The standard InChI is InChI=1S/C24H28N2O5/c1-4-20(22(27)26(3)21(5-2)23(28)29)25-24(30)31-14-19-17-12-8-6-10-15(17)16-11-7-9-13-18(16)19/h6-13,19-21H,4-5,14H2,1-3H3,(H,25,30)(H,28,29)/t20-,21?/m0/s1. The SMILES string of the molecule is CCC(C(=O)O)N(C)C(=O)[C@H](CC)NC(=O)OCC1c2ccccc2-c2ccccc21. The van der Waals surface area contributed by atoms with Gasteiger partial charge < -0.3 is 20.1 Å². The van der Waals surface area contributed by atoms with Gasteiger partial charge in [0.1, 0.15) is 18.7 Å². The Kier molecular flexibility index (Phi) is 6.95. The molecule has 0 saturated heterocycles. The highest BCUT2D eigenvalue weighted by molar-refractivity contribution is 5.89. The van der Waals surface area contributed by atoms with E-state index in [1.807, 2.05) is 36.4 Å². The van der Waals surface area contributed by atoms with E-state index in [4.69, 9.17) is 4.74 Å². The van der Waals surface area contributed by atoms with Gasteiger partial charge >= 0.3 is 12.1 Å². The molecule has 0 fully saturated rings. The lowest BCUT2D eigenvalue weighted by molar-refractivity contribution is -0.149. The molecule has 0 spiro atoms. The first-order valence-corrected chi connectivity index (χ1v) is 10.5. The van der Waals surface area contributed by atoms with Crippen LogP contribution in [0.5, 0.6) is 0 Å². The van der Waals surface area contributed by atoms with E-state index in [0.717, 1.165) is 22.3 Å². The highest BCUT2D eigenvalue weighted by Gasteiger charge is 2.32. The first-order valence-electron chi connectivity index (χ1n) is 10.5. The summed E-state index contributed by atoms with van der Waals surface area (Å²) in [7, 11) is 1.44. The quantitative estimate of drug-likeness (QED) is 0.675. The van der Waals surface area contributed by atoms with E-state index < -0.39 is 30.1 Å². The molecule has 0 bridgehead atoms. The fourth-order valence-electron chi connectivity index (χ4n) is 4.13. The number of carboxylic acid groups (broad SMARTS) is 1. The Morgan fingerprint density at radius 3 is 2.03 bits per heavy atom. The van der Waals surface area contributed by atoms with Crippen molar-refractivity contribution in [2.45, 2.75) is 44.7 Å². The minimum atomic E-state index is -1.07. The molecule has 2 atom stereocenters. The van der Waals surface area contributed by atoms with Crippen LogP contribution >= 0.6 is 0 Å². The van der Waals surface area contributed by atoms with Crippen LogP contribution in [0.2, 0.25) is 0 Å². The number of carbonyl (C=O) groups is 3. The van der Waals surface area contributed by atoms with E-state index in [9.17, 15) is 19.5 Å². The summed E-state index contributed by atoms with van der Waals surface area (Å²) in [6.45, 7) is 3.59. The Labute approximate surface area is 182 Å².